The molecule has 2 saturated heterocycles. The van der Waals surface area contributed by atoms with Crippen LogP contribution >= 0.6 is 11.6 Å². The van der Waals surface area contributed by atoms with Crippen LogP contribution in [0.3, 0.4) is 0 Å². The highest BCUT2D eigenvalue weighted by atomic mass is 35.5. The Kier molecular flexibility index (Phi) is 3.14. The summed E-state index contributed by atoms with van der Waals surface area (Å²) in [5.41, 5.74) is 0.878. The summed E-state index contributed by atoms with van der Waals surface area (Å²) in [6, 6.07) is 9.89. The number of alkyl halides is 1. The van der Waals surface area contributed by atoms with Crippen molar-refractivity contribution in [1.82, 2.24) is 9.96 Å². The van der Waals surface area contributed by atoms with Crippen LogP contribution in [0.4, 0.5) is 4.79 Å². The van der Waals surface area contributed by atoms with Crippen LogP contribution in [0.25, 0.3) is 0 Å². The zero-order valence-corrected chi connectivity index (χ0v) is 10.7. The third-order valence-electron chi connectivity index (χ3n) is 3.46. The number of halogens is 1. The number of piperidine rings is 1. The van der Waals surface area contributed by atoms with Crippen molar-refractivity contribution in [3.63, 3.8) is 0 Å². The number of benzene rings is 1. The van der Waals surface area contributed by atoms with Crippen molar-refractivity contribution in [3.05, 3.63) is 35.9 Å². The molecular weight excluding hydrogens is 252 g/mol. The summed E-state index contributed by atoms with van der Waals surface area (Å²) in [5, 5.41) is 1.50. The third-order valence-corrected chi connectivity index (χ3v) is 3.92. The first-order chi connectivity index (χ1) is 8.75. The topological polar surface area (TPSA) is 32.8 Å². The number of urea groups is 1. The maximum absolute atomic E-state index is 12.1. The number of carbonyl (C=O) groups excluding carboxylic acids is 1. The lowest BCUT2D eigenvalue weighted by atomic mass is 10.1. The van der Waals surface area contributed by atoms with E-state index in [4.69, 9.17) is 16.4 Å². The first kappa shape index (κ1) is 11.8. The zero-order chi connectivity index (χ0) is 12.5. The lowest BCUT2D eigenvalue weighted by Gasteiger charge is -2.25. The normalized spacial score (nSPS) is 26.8. The van der Waals surface area contributed by atoms with Gasteiger partial charge in [0.05, 0.1) is 6.04 Å². The quantitative estimate of drug-likeness (QED) is 0.622. The second-order valence-electron chi connectivity index (χ2n) is 4.69. The van der Waals surface area contributed by atoms with Crippen LogP contribution < -0.4 is 0 Å². The summed E-state index contributed by atoms with van der Waals surface area (Å²) in [4.78, 5) is 19.4. The minimum Gasteiger partial charge on any atom is -0.304 e. The molecule has 0 spiro atoms. The van der Waals surface area contributed by atoms with Crippen LogP contribution in [0, 0.1) is 0 Å². The molecule has 2 atom stereocenters. The van der Waals surface area contributed by atoms with Gasteiger partial charge in [0.15, 0.2) is 0 Å². The molecule has 2 amide bonds. The number of nitrogens with zero attached hydrogens (tertiary/aromatic N) is 2. The Labute approximate surface area is 111 Å². The highest BCUT2D eigenvalue weighted by Crippen LogP contribution is 2.31. The fourth-order valence-electron chi connectivity index (χ4n) is 2.47. The maximum Gasteiger partial charge on any atom is 0.345 e. The van der Waals surface area contributed by atoms with Crippen molar-refractivity contribution in [2.75, 3.05) is 6.54 Å². The van der Waals surface area contributed by atoms with Crippen molar-refractivity contribution in [2.24, 2.45) is 0 Å². The van der Waals surface area contributed by atoms with Crippen LogP contribution in [-0.2, 0) is 11.4 Å². The second-order valence-corrected chi connectivity index (χ2v) is 5.19. The molecule has 2 aliphatic heterocycles. The third kappa shape index (κ3) is 2.06. The van der Waals surface area contributed by atoms with Crippen LogP contribution in [0.1, 0.15) is 18.4 Å². The molecule has 0 aromatic heterocycles. The van der Waals surface area contributed by atoms with E-state index in [0.717, 1.165) is 18.4 Å². The molecule has 3 rings (SSSR count). The molecule has 4 nitrogen and oxygen atoms in total. The molecule has 1 aromatic carbocycles. The molecule has 96 valence electrons. The van der Waals surface area contributed by atoms with Gasteiger partial charge in [0.1, 0.15) is 12.1 Å². The zero-order valence-electron chi connectivity index (χ0n) is 9.96. The van der Waals surface area contributed by atoms with Gasteiger partial charge >= 0.3 is 6.03 Å². The fraction of sp³-hybridized carbons (Fsp3) is 0.462. The fourth-order valence-corrected chi connectivity index (χ4v) is 2.76. The average molecular weight is 267 g/mol. The summed E-state index contributed by atoms with van der Waals surface area (Å²) in [7, 11) is 0. The van der Waals surface area contributed by atoms with E-state index >= 15 is 0 Å². The number of fused-ring (bicyclic) bond motifs is 2. The van der Waals surface area contributed by atoms with Crippen molar-refractivity contribution < 1.29 is 9.63 Å². The molecule has 18 heavy (non-hydrogen) atoms. The Morgan fingerprint density at radius 2 is 2.06 bits per heavy atom. The van der Waals surface area contributed by atoms with Gasteiger partial charge in [-0.05, 0) is 18.4 Å². The number of carbonyl (C=O) groups is 1. The van der Waals surface area contributed by atoms with Crippen LogP contribution in [0.2, 0.25) is 0 Å². The van der Waals surface area contributed by atoms with E-state index in [1.165, 1.54) is 5.06 Å². The van der Waals surface area contributed by atoms with Gasteiger partial charge in [-0.25, -0.2) is 4.79 Å². The Morgan fingerprint density at radius 1 is 1.28 bits per heavy atom. The summed E-state index contributed by atoms with van der Waals surface area (Å²) < 4.78 is 0. The van der Waals surface area contributed by atoms with E-state index in [1.807, 2.05) is 30.3 Å². The second kappa shape index (κ2) is 4.78. The van der Waals surface area contributed by atoms with E-state index < -0.39 is 0 Å². The molecule has 0 N–H and O–H groups in total. The van der Waals surface area contributed by atoms with Gasteiger partial charge in [-0.15, -0.1) is 0 Å². The van der Waals surface area contributed by atoms with Gasteiger partial charge in [0.25, 0.3) is 0 Å². The Hall–Kier alpha value is -1.26. The standard InChI is InChI=1S/C13H15ClN2O2/c14-12-7-6-11-8-15(12)13(17)16(11)18-9-10-4-2-1-3-5-10/h1-5,11-12H,6-9H2. The number of hydrogen-bond acceptors (Lipinski definition) is 2. The summed E-state index contributed by atoms with van der Waals surface area (Å²) in [6.45, 7) is 1.10. The number of rotatable bonds is 3. The molecule has 2 heterocycles. The van der Waals surface area contributed by atoms with Gasteiger partial charge < -0.3 is 4.90 Å². The van der Waals surface area contributed by atoms with E-state index in [-0.39, 0.29) is 17.6 Å². The first-order valence-electron chi connectivity index (χ1n) is 6.16. The molecule has 5 heteroatoms. The largest absolute Gasteiger partial charge is 0.345 e. The van der Waals surface area contributed by atoms with Gasteiger partial charge in [0, 0.05) is 6.54 Å². The molecule has 0 radical (unpaired) electrons. The number of hydrogen-bond donors (Lipinski definition) is 0. The molecule has 2 fully saturated rings. The molecule has 0 aliphatic carbocycles. The van der Waals surface area contributed by atoms with E-state index in [1.54, 1.807) is 4.90 Å². The lowest BCUT2D eigenvalue weighted by molar-refractivity contribution is -0.140. The van der Waals surface area contributed by atoms with Crippen molar-refractivity contribution >= 4 is 17.6 Å². The predicted molar refractivity (Wildman–Crippen MR) is 67.8 cm³/mol. The van der Waals surface area contributed by atoms with Crippen molar-refractivity contribution in [1.29, 1.82) is 0 Å². The van der Waals surface area contributed by atoms with E-state index in [2.05, 4.69) is 0 Å². The molecule has 2 bridgehead atoms. The molecular formula is C13H15ClN2O2. The summed E-state index contributed by atoms with van der Waals surface area (Å²) in [5.74, 6) is 0. The number of amides is 2. The predicted octanol–water partition coefficient (Wildman–Crippen LogP) is 2.58. The highest BCUT2D eigenvalue weighted by Gasteiger charge is 2.44. The molecule has 2 aliphatic rings. The monoisotopic (exact) mass is 266 g/mol. The minimum absolute atomic E-state index is 0.103. The summed E-state index contributed by atoms with van der Waals surface area (Å²) >= 11 is 6.11. The van der Waals surface area contributed by atoms with Crippen LogP contribution in [0.5, 0.6) is 0 Å². The molecule has 0 saturated carbocycles. The lowest BCUT2D eigenvalue weighted by Crippen LogP contribution is -2.36. The van der Waals surface area contributed by atoms with Crippen molar-refractivity contribution in [3.8, 4) is 0 Å². The van der Waals surface area contributed by atoms with E-state index in [0.29, 0.717) is 13.2 Å². The first-order valence-corrected chi connectivity index (χ1v) is 6.60. The average Bonchev–Trinajstić information content (AvgIpc) is 2.67. The number of hydroxylamine groups is 2. The Balaban J connectivity index is 1.65. The van der Waals surface area contributed by atoms with Gasteiger partial charge in [-0.3, -0.25) is 4.84 Å². The van der Waals surface area contributed by atoms with Gasteiger partial charge in [-0.2, -0.15) is 5.06 Å². The minimum atomic E-state index is -0.181. The smallest absolute Gasteiger partial charge is 0.304 e. The summed E-state index contributed by atoms with van der Waals surface area (Å²) in [6.07, 6.45) is 1.74. The maximum atomic E-state index is 12.1. The van der Waals surface area contributed by atoms with E-state index in [9.17, 15) is 4.79 Å². The van der Waals surface area contributed by atoms with Crippen LogP contribution in [-0.4, -0.2) is 34.1 Å². The highest BCUT2D eigenvalue weighted by molar-refractivity contribution is 6.21. The Morgan fingerprint density at radius 3 is 2.78 bits per heavy atom. The Bertz CT molecular complexity index is 440. The molecule has 1 aromatic rings. The van der Waals surface area contributed by atoms with Crippen molar-refractivity contribution in [2.45, 2.75) is 31.0 Å². The van der Waals surface area contributed by atoms with Gasteiger partial charge in [-0.1, -0.05) is 41.9 Å². The van der Waals surface area contributed by atoms with Gasteiger partial charge in [0.2, 0.25) is 0 Å². The SMILES string of the molecule is O=C1N2CC(CCC2Cl)N1OCc1ccccc1. The molecule has 2 unspecified atom stereocenters. The van der Waals surface area contributed by atoms with Crippen LogP contribution in [0.15, 0.2) is 30.3 Å².